The van der Waals surface area contributed by atoms with Crippen molar-refractivity contribution in [1.29, 1.82) is 0 Å². The first kappa shape index (κ1) is 23.4. The molecule has 0 aliphatic heterocycles. The van der Waals surface area contributed by atoms with E-state index in [-0.39, 0.29) is 28.1 Å². The van der Waals surface area contributed by atoms with Gasteiger partial charge in [-0.15, -0.1) is 27.6 Å². The van der Waals surface area contributed by atoms with Crippen LogP contribution in [0.1, 0.15) is 26.3 Å². The second-order valence-electron chi connectivity index (χ2n) is 7.62. The van der Waals surface area contributed by atoms with Crippen molar-refractivity contribution in [2.24, 2.45) is 15.3 Å². The zero-order valence-electron chi connectivity index (χ0n) is 17.3. The lowest BCUT2D eigenvalue weighted by atomic mass is 9.82. The number of allylic oxidation sites excluding steroid dienone is 2. The number of Topliss-reactive ketones (excluding diaryl/α,β-unsaturated/α-hetero) is 1. The molecule has 31 heavy (non-hydrogen) atoms. The molecule has 2 unspecified atom stereocenters. The third-order valence-electron chi connectivity index (χ3n) is 4.91. The number of ketones is 1. The minimum atomic E-state index is -4.03. The Morgan fingerprint density at radius 1 is 1.03 bits per heavy atom. The van der Waals surface area contributed by atoms with Gasteiger partial charge in [-0.2, -0.15) is 8.42 Å². The largest absolute Gasteiger partial charge is 0.293 e. The molecule has 0 aromatic heterocycles. The topological polar surface area (TPSA) is 75.9 Å². The van der Waals surface area contributed by atoms with Crippen LogP contribution in [0.25, 0.3) is 0 Å². The summed E-state index contributed by atoms with van der Waals surface area (Å²) in [6.07, 6.45) is 1.59. The molecule has 0 saturated carbocycles. The summed E-state index contributed by atoms with van der Waals surface area (Å²) in [5.74, 6) is -0.399. The molecule has 0 radical (unpaired) electrons. The van der Waals surface area contributed by atoms with Gasteiger partial charge in [-0.1, -0.05) is 62.4 Å². The van der Waals surface area contributed by atoms with Crippen LogP contribution in [0.5, 0.6) is 0 Å². The third-order valence-corrected chi connectivity index (χ3v) is 7.35. The number of benzene rings is 2. The highest BCUT2D eigenvalue weighted by Crippen LogP contribution is 2.36. The summed E-state index contributed by atoms with van der Waals surface area (Å²) in [4.78, 5) is 15.9. The predicted molar refractivity (Wildman–Crippen MR) is 126 cm³/mol. The van der Waals surface area contributed by atoms with Gasteiger partial charge >= 0.3 is 0 Å². The Morgan fingerprint density at radius 3 is 2.13 bits per heavy atom. The Bertz CT molecular complexity index is 1170. The molecule has 0 spiro atoms. The van der Waals surface area contributed by atoms with Gasteiger partial charge < -0.3 is 0 Å². The van der Waals surface area contributed by atoms with E-state index >= 15 is 0 Å². The number of sulfonamides is 1. The zero-order valence-corrected chi connectivity index (χ0v) is 19.6. The second kappa shape index (κ2) is 9.07. The molecule has 1 aliphatic rings. The Balaban J connectivity index is 2.24. The SMILES string of the molecule is CC(C)C1=CC(=NC(=NS(=O)(=O)c2ccccc2)c2ccccc2)C(C)(Cl)C(Cl)C1=O. The van der Waals surface area contributed by atoms with E-state index < -0.39 is 20.3 Å². The van der Waals surface area contributed by atoms with Crippen LogP contribution in [-0.2, 0) is 14.8 Å². The lowest BCUT2D eigenvalue weighted by Gasteiger charge is -2.33. The number of aliphatic imine (C=N–C) groups is 1. The van der Waals surface area contributed by atoms with E-state index in [1.54, 1.807) is 61.5 Å². The van der Waals surface area contributed by atoms with Crippen molar-refractivity contribution in [3.63, 3.8) is 0 Å². The molecule has 162 valence electrons. The van der Waals surface area contributed by atoms with Gasteiger partial charge in [-0.25, -0.2) is 4.99 Å². The van der Waals surface area contributed by atoms with Crippen LogP contribution < -0.4 is 0 Å². The molecular weight excluding hydrogens is 455 g/mol. The summed E-state index contributed by atoms with van der Waals surface area (Å²) in [5.41, 5.74) is 1.25. The minimum absolute atomic E-state index is 0.0381. The van der Waals surface area contributed by atoms with E-state index in [0.717, 1.165) is 0 Å². The third kappa shape index (κ3) is 4.97. The summed E-state index contributed by atoms with van der Waals surface area (Å²) in [6, 6.07) is 16.6. The molecule has 8 heteroatoms. The monoisotopic (exact) mass is 476 g/mol. The van der Waals surface area contributed by atoms with Gasteiger partial charge in [-0.3, -0.25) is 4.79 Å². The molecule has 2 atom stereocenters. The summed E-state index contributed by atoms with van der Waals surface area (Å²) in [5, 5.41) is -1.04. The first-order valence-electron chi connectivity index (χ1n) is 9.67. The summed E-state index contributed by atoms with van der Waals surface area (Å²) < 4.78 is 29.9. The van der Waals surface area contributed by atoms with Crippen molar-refractivity contribution in [3.8, 4) is 0 Å². The van der Waals surface area contributed by atoms with Crippen molar-refractivity contribution >= 4 is 50.6 Å². The van der Waals surface area contributed by atoms with Gasteiger partial charge in [0.15, 0.2) is 11.6 Å². The normalized spacial score (nSPS) is 23.9. The molecule has 0 saturated heterocycles. The van der Waals surface area contributed by atoms with Crippen LogP contribution in [0.4, 0.5) is 0 Å². The van der Waals surface area contributed by atoms with Crippen LogP contribution in [0.2, 0.25) is 0 Å². The number of hydrogen-bond acceptors (Lipinski definition) is 3. The van der Waals surface area contributed by atoms with Gasteiger partial charge in [0.2, 0.25) is 0 Å². The Labute approximate surface area is 192 Å². The maximum Gasteiger partial charge on any atom is 0.284 e. The number of carbonyl (C=O) groups is 1. The molecule has 0 amide bonds. The highest BCUT2D eigenvalue weighted by atomic mass is 35.5. The number of amidine groups is 1. The summed E-state index contributed by atoms with van der Waals surface area (Å²) in [6.45, 7) is 5.33. The summed E-state index contributed by atoms with van der Waals surface area (Å²) in [7, 11) is -4.03. The van der Waals surface area contributed by atoms with Crippen LogP contribution in [0.3, 0.4) is 0 Å². The molecule has 2 aromatic carbocycles. The van der Waals surface area contributed by atoms with Crippen LogP contribution in [-0.4, -0.2) is 36.0 Å². The quantitative estimate of drug-likeness (QED) is 0.352. The van der Waals surface area contributed by atoms with Gasteiger partial charge in [-0.05, 0) is 31.1 Å². The fourth-order valence-electron chi connectivity index (χ4n) is 3.07. The average Bonchev–Trinajstić information content (AvgIpc) is 2.74. The molecule has 0 heterocycles. The van der Waals surface area contributed by atoms with Gasteiger partial charge in [0, 0.05) is 11.1 Å². The number of carbonyl (C=O) groups excluding carboxylic acids is 1. The number of alkyl halides is 2. The van der Waals surface area contributed by atoms with E-state index in [9.17, 15) is 13.2 Å². The van der Waals surface area contributed by atoms with Crippen molar-refractivity contribution in [2.45, 2.75) is 35.9 Å². The molecule has 0 bridgehead atoms. The van der Waals surface area contributed by atoms with E-state index in [4.69, 9.17) is 23.2 Å². The van der Waals surface area contributed by atoms with Gasteiger partial charge in [0.05, 0.1) is 10.6 Å². The molecular formula is C23H22Cl2N2O3S. The Kier molecular flexibility index (Phi) is 6.84. The first-order valence-corrected chi connectivity index (χ1v) is 11.9. The maximum atomic E-state index is 12.9. The zero-order chi connectivity index (χ0) is 22.8. The number of halogens is 2. The fourth-order valence-corrected chi connectivity index (χ4v) is 4.49. The number of nitrogens with zero attached hydrogens (tertiary/aromatic N) is 2. The minimum Gasteiger partial charge on any atom is -0.293 e. The lowest BCUT2D eigenvalue weighted by molar-refractivity contribution is -0.116. The first-order chi connectivity index (χ1) is 14.5. The standard InChI is InChI=1S/C23H22Cl2N2O3S/c1-15(2)18-14-19(23(3,25)21(24)20(18)28)26-22(16-10-6-4-7-11-16)27-31(29,30)17-12-8-5-9-13-17/h4-15,21H,1-3H3. The Morgan fingerprint density at radius 2 is 1.58 bits per heavy atom. The van der Waals surface area contributed by atoms with Crippen molar-refractivity contribution in [1.82, 2.24) is 0 Å². The molecule has 3 rings (SSSR count). The van der Waals surface area contributed by atoms with Gasteiger partial charge in [0.25, 0.3) is 10.0 Å². The van der Waals surface area contributed by atoms with E-state index in [1.807, 2.05) is 13.8 Å². The second-order valence-corrected chi connectivity index (χ2v) is 10.4. The summed E-state index contributed by atoms with van der Waals surface area (Å²) >= 11 is 13.0. The number of rotatable bonds is 4. The maximum absolute atomic E-state index is 12.9. The lowest BCUT2D eigenvalue weighted by Crippen LogP contribution is -2.47. The van der Waals surface area contributed by atoms with E-state index in [1.165, 1.54) is 12.1 Å². The Hall–Kier alpha value is -2.28. The smallest absolute Gasteiger partial charge is 0.284 e. The molecule has 1 aliphatic carbocycles. The fraction of sp³-hybridized carbons (Fsp3) is 0.261. The van der Waals surface area contributed by atoms with Gasteiger partial charge in [0.1, 0.15) is 10.3 Å². The van der Waals surface area contributed by atoms with Crippen LogP contribution in [0.15, 0.2) is 86.6 Å². The number of hydrogen-bond donors (Lipinski definition) is 0. The highest BCUT2D eigenvalue weighted by Gasteiger charge is 2.45. The average molecular weight is 477 g/mol. The molecule has 0 N–H and O–H groups in total. The molecule has 2 aromatic rings. The highest BCUT2D eigenvalue weighted by molar-refractivity contribution is 7.90. The van der Waals surface area contributed by atoms with Crippen molar-refractivity contribution in [3.05, 3.63) is 77.9 Å². The predicted octanol–water partition coefficient (Wildman–Crippen LogP) is 5.03. The van der Waals surface area contributed by atoms with E-state index in [0.29, 0.717) is 11.1 Å². The van der Waals surface area contributed by atoms with Crippen LogP contribution in [0, 0.1) is 5.92 Å². The molecule has 5 nitrogen and oxygen atoms in total. The van der Waals surface area contributed by atoms with E-state index in [2.05, 4.69) is 9.39 Å². The van der Waals surface area contributed by atoms with Crippen molar-refractivity contribution < 1.29 is 13.2 Å². The van der Waals surface area contributed by atoms with Crippen molar-refractivity contribution in [2.75, 3.05) is 0 Å². The molecule has 0 fully saturated rings. The van der Waals surface area contributed by atoms with Crippen LogP contribution >= 0.6 is 23.2 Å².